The number of sulfonamides is 1. The molecule has 182 valence electrons. The van der Waals surface area contributed by atoms with Crippen molar-refractivity contribution in [3.63, 3.8) is 0 Å². The highest BCUT2D eigenvalue weighted by atomic mass is 32.2. The van der Waals surface area contributed by atoms with Crippen molar-refractivity contribution in [2.75, 3.05) is 11.9 Å². The zero-order valence-electron chi connectivity index (χ0n) is 19.1. The number of hydrogen-bond acceptors (Lipinski definition) is 5. The molecule has 1 saturated heterocycles. The molecular weight excluding hydrogens is 466 g/mol. The van der Waals surface area contributed by atoms with E-state index >= 15 is 0 Å². The van der Waals surface area contributed by atoms with Crippen LogP contribution in [0.5, 0.6) is 0 Å². The van der Waals surface area contributed by atoms with Crippen molar-refractivity contribution >= 4 is 33.6 Å². The largest absolute Gasteiger partial charge is 0.468 e. The average molecular weight is 494 g/mol. The fourth-order valence-electron chi connectivity index (χ4n) is 3.77. The summed E-state index contributed by atoms with van der Waals surface area (Å²) in [5, 5.41) is 2.82. The monoisotopic (exact) mass is 493 g/mol. The van der Waals surface area contributed by atoms with Gasteiger partial charge in [0.25, 0.3) is 0 Å². The van der Waals surface area contributed by atoms with E-state index in [2.05, 4.69) is 10.0 Å². The Hall–Kier alpha value is -3.69. The van der Waals surface area contributed by atoms with Gasteiger partial charge >= 0.3 is 0 Å². The maximum atomic E-state index is 12.4. The molecule has 4 rings (SSSR count). The molecule has 0 saturated carbocycles. The summed E-state index contributed by atoms with van der Waals surface area (Å²) in [7, 11) is -3.68. The van der Waals surface area contributed by atoms with Crippen LogP contribution in [0.25, 0.3) is 6.08 Å². The highest BCUT2D eigenvalue weighted by molar-refractivity contribution is 7.89. The molecule has 1 aliphatic heterocycles. The summed E-state index contributed by atoms with van der Waals surface area (Å²) in [6.45, 7) is 1.36. The van der Waals surface area contributed by atoms with Crippen LogP contribution < -0.4 is 10.0 Å². The minimum Gasteiger partial charge on any atom is -0.468 e. The second kappa shape index (κ2) is 11.2. The van der Waals surface area contributed by atoms with Gasteiger partial charge in [-0.1, -0.05) is 24.3 Å². The molecule has 1 fully saturated rings. The first-order valence-corrected chi connectivity index (χ1v) is 12.9. The van der Waals surface area contributed by atoms with Crippen LogP contribution in [0.2, 0.25) is 0 Å². The summed E-state index contributed by atoms with van der Waals surface area (Å²) in [6, 6.07) is 17.0. The van der Waals surface area contributed by atoms with Crippen molar-refractivity contribution in [3.05, 3.63) is 89.9 Å². The normalized spacial score (nSPS) is 14.4. The van der Waals surface area contributed by atoms with Crippen molar-refractivity contribution in [2.45, 2.75) is 37.2 Å². The van der Waals surface area contributed by atoms with Gasteiger partial charge in [-0.05, 0) is 66.4 Å². The number of nitrogens with one attached hydrogen (secondary N) is 2. The maximum absolute atomic E-state index is 12.4. The molecule has 0 aliphatic carbocycles. The van der Waals surface area contributed by atoms with E-state index in [-0.39, 0.29) is 23.3 Å². The van der Waals surface area contributed by atoms with Gasteiger partial charge in [0.15, 0.2) is 0 Å². The molecule has 35 heavy (non-hydrogen) atoms. The van der Waals surface area contributed by atoms with E-state index in [1.165, 1.54) is 24.5 Å². The molecule has 2 heterocycles. The third-order valence-electron chi connectivity index (χ3n) is 5.62. The minimum atomic E-state index is -3.68. The molecule has 0 unspecified atom stereocenters. The van der Waals surface area contributed by atoms with Crippen molar-refractivity contribution in [2.24, 2.45) is 0 Å². The first-order valence-electron chi connectivity index (χ1n) is 11.4. The number of amides is 2. The molecule has 2 amide bonds. The smallest absolute Gasteiger partial charge is 0.248 e. The number of rotatable bonds is 9. The van der Waals surface area contributed by atoms with Gasteiger partial charge in [0.1, 0.15) is 5.76 Å². The number of furan rings is 1. The van der Waals surface area contributed by atoms with E-state index in [9.17, 15) is 18.0 Å². The fourth-order valence-corrected chi connectivity index (χ4v) is 4.77. The SMILES string of the molecule is O=C(/C=C/c1ccc(S(=O)(=O)NCc2ccco2)cc1)Nc1cccc(CN2CCCCC2=O)c1. The van der Waals surface area contributed by atoms with Gasteiger partial charge in [-0.3, -0.25) is 9.59 Å². The van der Waals surface area contributed by atoms with E-state index in [1.54, 1.807) is 36.4 Å². The molecule has 8 nitrogen and oxygen atoms in total. The molecule has 2 N–H and O–H groups in total. The van der Waals surface area contributed by atoms with Crippen molar-refractivity contribution in [1.29, 1.82) is 0 Å². The summed E-state index contributed by atoms with van der Waals surface area (Å²) in [5.41, 5.74) is 2.28. The van der Waals surface area contributed by atoms with Crippen molar-refractivity contribution in [3.8, 4) is 0 Å². The first-order chi connectivity index (χ1) is 16.9. The Balaban J connectivity index is 1.32. The van der Waals surface area contributed by atoms with Crippen LogP contribution >= 0.6 is 0 Å². The van der Waals surface area contributed by atoms with Crippen LogP contribution in [0.15, 0.2) is 82.3 Å². The summed E-state index contributed by atoms with van der Waals surface area (Å²) < 4.78 is 32.5. The second-order valence-electron chi connectivity index (χ2n) is 8.27. The Morgan fingerprint density at radius 2 is 1.89 bits per heavy atom. The fraction of sp³-hybridized carbons (Fsp3) is 0.231. The first kappa shape index (κ1) is 24.4. The van der Waals surface area contributed by atoms with Crippen LogP contribution in [-0.4, -0.2) is 31.7 Å². The molecule has 0 radical (unpaired) electrons. The quantitative estimate of drug-likeness (QED) is 0.439. The molecule has 1 aliphatic rings. The number of carbonyl (C=O) groups excluding carboxylic acids is 2. The molecule has 3 aromatic rings. The molecule has 9 heteroatoms. The summed E-state index contributed by atoms with van der Waals surface area (Å²) in [5.74, 6) is 0.374. The summed E-state index contributed by atoms with van der Waals surface area (Å²) in [6.07, 6.45) is 7.03. The Bertz CT molecular complexity index is 1300. The van der Waals surface area contributed by atoms with E-state index in [4.69, 9.17) is 4.42 Å². The lowest BCUT2D eigenvalue weighted by Gasteiger charge is -2.26. The number of piperidine rings is 1. The van der Waals surface area contributed by atoms with Crippen molar-refractivity contribution in [1.82, 2.24) is 9.62 Å². The number of nitrogens with zero attached hydrogens (tertiary/aromatic N) is 1. The molecule has 0 bridgehead atoms. The second-order valence-corrected chi connectivity index (χ2v) is 10.0. The van der Waals surface area contributed by atoms with Gasteiger partial charge in [0.05, 0.1) is 17.7 Å². The Morgan fingerprint density at radius 3 is 2.63 bits per heavy atom. The number of likely N-dealkylation sites (tertiary alicyclic amines) is 1. The van der Waals surface area contributed by atoms with Crippen LogP contribution in [0.4, 0.5) is 5.69 Å². The highest BCUT2D eigenvalue weighted by Gasteiger charge is 2.18. The maximum Gasteiger partial charge on any atom is 0.248 e. The van der Waals surface area contributed by atoms with Crippen LogP contribution in [0, 0.1) is 0 Å². The van der Waals surface area contributed by atoms with Gasteiger partial charge in [-0.25, -0.2) is 13.1 Å². The lowest BCUT2D eigenvalue weighted by Crippen LogP contribution is -2.34. The topological polar surface area (TPSA) is 109 Å². The van der Waals surface area contributed by atoms with Crippen LogP contribution in [0.1, 0.15) is 36.1 Å². The van der Waals surface area contributed by atoms with Crippen LogP contribution in [-0.2, 0) is 32.7 Å². The summed E-state index contributed by atoms with van der Waals surface area (Å²) in [4.78, 5) is 26.4. The lowest BCUT2D eigenvalue weighted by atomic mass is 10.1. The summed E-state index contributed by atoms with van der Waals surface area (Å²) >= 11 is 0. The Kier molecular flexibility index (Phi) is 7.79. The molecule has 1 aromatic heterocycles. The Labute approximate surface area is 204 Å². The minimum absolute atomic E-state index is 0.0622. The van der Waals surface area contributed by atoms with Gasteiger partial charge in [0.2, 0.25) is 21.8 Å². The molecule has 0 atom stereocenters. The van der Waals surface area contributed by atoms with Crippen LogP contribution in [0.3, 0.4) is 0 Å². The zero-order chi connectivity index (χ0) is 24.7. The molecule has 0 spiro atoms. The van der Waals surface area contributed by atoms with Gasteiger partial charge in [-0.15, -0.1) is 0 Å². The highest BCUT2D eigenvalue weighted by Crippen LogP contribution is 2.18. The molecular formula is C26H27N3O5S. The van der Waals surface area contributed by atoms with E-state index in [1.807, 2.05) is 23.1 Å². The third-order valence-corrected chi connectivity index (χ3v) is 7.04. The number of carbonyl (C=O) groups is 2. The van der Waals surface area contributed by atoms with E-state index < -0.39 is 10.0 Å². The predicted octanol–water partition coefficient (Wildman–Crippen LogP) is 3.92. The van der Waals surface area contributed by atoms with Gasteiger partial charge in [0, 0.05) is 31.3 Å². The van der Waals surface area contributed by atoms with Gasteiger partial charge in [-0.2, -0.15) is 0 Å². The number of anilines is 1. The zero-order valence-corrected chi connectivity index (χ0v) is 20.0. The molecule has 2 aromatic carbocycles. The van der Waals surface area contributed by atoms with Gasteiger partial charge < -0.3 is 14.6 Å². The number of benzene rings is 2. The Morgan fingerprint density at radius 1 is 1.06 bits per heavy atom. The number of hydrogen-bond donors (Lipinski definition) is 2. The lowest BCUT2D eigenvalue weighted by molar-refractivity contribution is -0.133. The predicted molar refractivity (Wildman–Crippen MR) is 133 cm³/mol. The van der Waals surface area contributed by atoms with E-state index in [0.29, 0.717) is 30.0 Å². The van der Waals surface area contributed by atoms with E-state index in [0.717, 1.165) is 24.9 Å². The standard InChI is InChI=1S/C26H27N3O5S/c30-25(28-22-6-3-5-21(17-22)19-29-15-2-1-8-26(29)31)14-11-20-9-12-24(13-10-20)35(32,33)27-18-23-7-4-16-34-23/h3-7,9-14,16-17,27H,1-2,8,15,18-19H2,(H,28,30)/b14-11+. The van der Waals surface area contributed by atoms with Crippen molar-refractivity contribution < 1.29 is 22.4 Å². The average Bonchev–Trinajstić information content (AvgIpc) is 3.38. The third kappa shape index (κ3) is 6.91.